The van der Waals surface area contributed by atoms with Gasteiger partial charge in [-0.1, -0.05) is 12.8 Å². The van der Waals surface area contributed by atoms with Crippen molar-refractivity contribution >= 4 is 17.8 Å². The smallest absolute Gasteiger partial charge is 0.548 e. The van der Waals surface area contributed by atoms with E-state index in [-0.39, 0.29) is 70.1 Å². The molecule has 0 aliphatic carbocycles. The van der Waals surface area contributed by atoms with Gasteiger partial charge in [0.05, 0.1) is 12.0 Å². The van der Waals surface area contributed by atoms with Crippen LogP contribution in [0.2, 0.25) is 0 Å². The van der Waals surface area contributed by atoms with E-state index in [0.29, 0.717) is 38.6 Å². The number of hydrogen-bond acceptors (Lipinski definition) is 5. The van der Waals surface area contributed by atoms with Crippen molar-refractivity contribution < 1.29 is 76.0 Å². The van der Waals surface area contributed by atoms with Gasteiger partial charge in [0.2, 0.25) is 5.91 Å². The summed E-state index contributed by atoms with van der Waals surface area (Å²) in [4.78, 5) is 32.8. The Balaban J connectivity index is 0. The molecule has 0 saturated carbocycles. The average molecular weight is 340 g/mol. The van der Waals surface area contributed by atoms with Crippen LogP contribution in [0, 0.1) is 0 Å². The SMILES string of the molecule is NCCCC[C@H](NC(=O)CCCCCCC(=O)O)C(=O)[O-].[K+]. The van der Waals surface area contributed by atoms with Crippen LogP contribution in [0.3, 0.4) is 0 Å². The van der Waals surface area contributed by atoms with Gasteiger partial charge in [0.15, 0.2) is 0 Å². The molecule has 4 N–H and O–H groups in total. The number of hydrogen-bond donors (Lipinski definition) is 3. The Labute approximate surface area is 173 Å². The molecular weight excluding hydrogens is 315 g/mol. The molecule has 0 aromatic heterocycles. The van der Waals surface area contributed by atoms with E-state index in [9.17, 15) is 19.5 Å². The van der Waals surface area contributed by atoms with Crippen molar-refractivity contribution in [1.82, 2.24) is 5.32 Å². The molecule has 0 heterocycles. The second-order valence-corrected chi connectivity index (χ2v) is 5.03. The number of rotatable bonds is 13. The van der Waals surface area contributed by atoms with Crippen molar-refractivity contribution in [2.75, 3.05) is 6.54 Å². The summed E-state index contributed by atoms with van der Waals surface area (Å²) in [6.07, 6.45) is 4.77. The van der Waals surface area contributed by atoms with E-state index >= 15 is 0 Å². The van der Waals surface area contributed by atoms with Crippen LogP contribution in [0.25, 0.3) is 0 Å². The van der Waals surface area contributed by atoms with Gasteiger partial charge in [-0.3, -0.25) is 9.59 Å². The number of carboxylic acids is 2. The second-order valence-electron chi connectivity index (χ2n) is 5.03. The molecule has 0 aliphatic rings. The Bertz CT molecular complexity index is 339. The summed E-state index contributed by atoms with van der Waals surface area (Å²) in [6, 6.07) is -0.962. The zero-order valence-corrected chi connectivity index (χ0v) is 16.4. The Morgan fingerprint density at radius 2 is 1.59 bits per heavy atom. The van der Waals surface area contributed by atoms with Gasteiger partial charge in [0.1, 0.15) is 0 Å². The third-order valence-corrected chi connectivity index (χ3v) is 3.11. The predicted molar refractivity (Wildman–Crippen MR) is 75.2 cm³/mol. The number of carbonyl (C=O) groups excluding carboxylic acids is 2. The fourth-order valence-corrected chi connectivity index (χ4v) is 1.92. The Hall–Kier alpha value is 0.00636. The second kappa shape index (κ2) is 15.9. The molecule has 0 aliphatic heterocycles. The monoisotopic (exact) mass is 340 g/mol. The van der Waals surface area contributed by atoms with Crippen LogP contribution in [-0.4, -0.2) is 35.5 Å². The van der Waals surface area contributed by atoms with Gasteiger partial charge in [-0.25, -0.2) is 0 Å². The van der Waals surface area contributed by atoms with Crippen LogP contribution in [0.4, 0.5) is 0 Å². The minimum absolute atomic E-state index is 0. The molecule has 0 radical (unpaired) electrons. The topological polar surface area (TPSA) is 133 Å². The quantitative estimate of drug-likeness (QED) is 0.239. The van der Waals surface area contributed by atoms with Gasteiger partial charge in [0, 0.05) is 12.8 Å². The minimum atomic E-state index is -1.28. The standard InChI is InChI=1S/C14H26N2O5.K/c15-10-6-5-7-11(14(20)21)16-12(17)8-3-1-2-4-9-13(18)19;/h11H,1-10,15H2,(H,16,17)(H,18,19)(H,20,21);/q;+1/p-1/t11-;/m0./s1. The van der Waals surface area contributed by atoms with Crippen molar-refractivity contribution in [2.45, 2.75) is 63.8 Å². The van der Waals surface area contributed by atoms with Crippen LogP contribution in [0.15, 0.2) is 0 Å². The van der Waals surface area contributed by atoms with Crippen LogP contribution < -0.4 is 67.5 Å². The number of carboxylic acid groups (broad SMARTS) is 2. The maximum Gasteiger partial charge on any atom is 1.00 e. The summed E-state index contributed by atoms with van der Waals surface area (Å²) in [5.41, 5.74) is 5.33. The number of nitrogens with one attached hydrogen (secondary N) is 1. The molecule has 0 saturated heterocycles. The fraction of sp³-hybridized carbons (Fsp3) is 0.786. The Kier molecular flexibility index (Phi) is 17.5. The van der Waals surface area contributed by atoms with Gasteiger partial charge < -0.3 is 26.1 Å². The first-order chi connectivity index (χ1) is 9.97. The molecule has 1 atom stereocenters. The van der Waals surface area contributed by atoms with E-state index in [0.717, 1.165) is 12.8 Å². The van der Waals surface area contributed by atoms with Gasteiger partial charge in [-0.15, -0.1) is 0 Å². The molecule has 0 bridgehead atoms. The van der Waals surface area contributed by atoms with E-state index in [2.05, 4.69) is 5.32 Å². The van der Waals surface area contributed by atoms with Crippen molar-refractivity contribution in [1.29, 1.82) is 0 Å². The van der Waals surface area contributed by atoms with Gasteiger partial charge >= 0.3 is 57.4 Å². The normalized spacial score (nSPS) is 11.3. The van der Waals surface area contributed by atoms with Crippen molar-refractivity contribution in [3.63, 3.8) is 0 Å². The molecule has 0 fully saturated rings. The van der Waals surface area contributed by atoms with Crippen LogP contribution in [0.5, 0.6) is 0 Å². The van der Waals surface area contributed by atoms with Gasteiger partial charge in [0.25, 0.3) is 0 Å². The molecule has 0 unspecified atom stereocenters. The summed E-state index contributed by atoms with van der Waals surface area (Å²) in [6.45, 7) is 0.490. The minimum Gasteiger partial charge on any atom is -0.548 e. The average Bonchev–Trinajstić information content (AvgIpc) is 2.41. The van der Waals surface area contributed by atoms with Crippen molar-refractivity contribution in [2.24, 2.45) is 5.73 Å². The van der Waals surface area contributed by atoms with E-state index in [4.69, 9.17) is 10.8 Å². The first kappa shape index (κ1) is 24.3. The van der Waals surface area contributed by atoms with Crippen LogP contribution >= 0.6 is 0 Å². The number of aliphatic carboxylic acids is 2. The summed E-state index contributed by atoms with van der Waals surface area (Å²) in [5.74, 6) is -2.40. The zero-order valence-electron chi connectivity index (χ0n) is 13.3. The molecule has 22 heavy (non-hydrogen) atoms. The van der Waals surface area contributed by atoms with Crippen LogP contribution in [0.1, 0.15) is 57.8 Å². The summed E-state index contributed by atoms with van der Waals surface area (Å²) < 4.78 is 0. The third-order valence-electron chi connectivity index (χ3n) is 3.11. The summed E-state index contributed by atoms with van der Waals surface area (Å²) in [7, 11) is 0. The first-order valence-electron chi connectivity index (χ1n) is 7.39. The Morgan fingerprint density at radius 1 is 1.00 bits per heavy atom. The van der Waals surface area contributed by atoms with Crippen LogP contribution in [-0.2, 0) is 14.4 Å². The largest absolute Gasteiger partial charge is 1.00 e. The van der Waals surface area contributed by atoms with E-state index in [1.807, 2.05) is 0 Å². The van der Waals surface area contributed by atoms with Crippen molar-refractivity contribution in [3.8, 4) is 0 Å². The van der Waals surface area contributed by atoms with Gasteiger partial charge in [-0.2, -0.15) is 0 Å². The molecule has 7 nitrogen and oxygen atoms in total. The number of amides is 1. The number of carbonyl (C=O) groups is 3. The van der Waals surface area contributed by atoms with E-state index in [1.54, 1.807) is 0 Å². The van der Waals surface area contributed by atoms with Gasteiger partial charge in [-0.05, 0) is 38.6 Å². The van der Waals surface area contributed by atoms with E-state index in [1.165, 1.54) is 0 Å². The maximum atomic E-state index is 11.6. The molecule has 0 aromatic rings. The number of unbranched alkanes of at least 4 members (excludes halogenated alkanes) is 4. The molecule has 8 heteroatoms. The molecule has 1 amide bonds. The summed E-state index contributed by atoms with van der Waals surface area (Å²) in [5, 5.41) is 21.8. The Morgan fingerprint density at radius 3 is 2.09 bits per heavy atom. The first-order valence-corrected chi connectivity index (χ1v) is 7.39. The molecule has 0 spiro atoms. The van der Waals surface area contributed by atoms with E-state index < -0.39 is 18.0 Å². The maximum absolute atomic E-state index is 11.6. The zero-order chi connectivity index (χ0) is 16.1. The molecule has 122 valence electrons. The third kappa shape index (κ3) is 14.9. The fourth-order valence-electron chi connectivity index (χ4n) is 1.92. The molecule has 0 aromatic carbocycles. The molecule has 0 rings (SSSR count). The number of nitrogens with two attached hydrogens (primary N) is 1. The molecular formula is C14H25KN2O5. The summed E-state index contributed by atoms with van der Waals surface area (Å²) >= 11 is 0. The predicted octanol–water partition coefficient (Wildman–Crippen LogP) is -3.22. The van der Waals surface area contributed by atoms with Crippen molar-refractivity contribution in [3.05, 3.63) is 0 Å².